The Labute approximate surface area is 83.3 Å². The van der Waals surface area contributed by atoms with E-state index in [0.29, 0.717) is 11.3 Å². The molecular formula is C11H14O3. The summed E-state index contributed by atoms with van der Waals surface area (Å²) in [7, 11) is 1.47. The molecule has 0 saturated carbocycles. The van der Waals surface area contributed by atoms with E-state index in [9.17, 15) is 9.90 Å². The lowest BCUT2D eigenvalue weighted by Gasteiger charge is -2.07. The van der Waals surface area contributed by atoms with E-state index >= 15 is 0 Å². The first-order valence-electron chi connectivity index (χ1n) is 4.47. The summed E-state index contributed by atoms with van der Waals surface area (Å²) in [5.41, 5.74) is 0.512. The third-order valence-electron chi connectivity index (χ3n) is 1.99. The number of ether oxygens (including phenoxy) is 1. The molecule has 1 aromatic carbocycles. The Morgan fingerprint density at radius 1 is 1.43 bits per heavy atom. The van der Waals surface area contributed by atoms with Crippen LogP contribution < -0.4 is 4.74 Å². The summed E-state index contributed by atoms with van der Waals surface area (Å²) in [6.45, 7) is 3.65. The average molecular weight is 194 g/mol. The quantitative estimate of drug-likeness (QED) is 0.750. The third-order valence-corrected chi connectivity index (χ3v) is 1.99. The second-order valence-corrected chi connectivity index (χ2v) is 3.41. The molecule has 1 aromatic rings. The maximum Gasteiger partial charge on any atom is 0.165 e. The van der Waals surface area contributed by atoms with Crippen molar-refractivity contribution in [2.45, 2.75) is 13.8 Å². The lowest BCUT2D eigenvalue weighted by Crippen LogP contribution is -2.07. The van der Waals surface area contributed by atoms with Crippen LogP contribution in [0.25, 0.3) is 0 Å². The molecule has 0 fully saturated rings. The van der Waals surface area contributed by atoms with E-state index < -0.39 is 0 Å². The number of phenolic OH excluding ortho intramolecular Hbond substituents is 1. The molecule has 14 heavy (non-hydrogen) atoms. The van der Waals surface area contributed by atoms with Gasteiger partial charge in [0.15, 0.2) is 17.3 Å². The fourth-order valence-electron chi connectivity index (χ4n) is 1.18. The van der Waals surface area contributed by atoms with Crippen LogP contribution in [-0.2, 0) is 0 Å². The minimum Gasteiger partial charge on any atom is -0.504 e. The lowest BCUT2D eigenvalue weighted by molar-refractivity contribution is 0.0939. The molecule has 0 bridgehead atoms. The molecule has 0 aliphatic heterocycles. The lowest BCUT2D eigenvalue weighted by atomic mass is 10.0. The zero-order chi connectivity index (χ0) is 10.7. The van der Waals surface area contributed by atoms with Gasteiger partial charge in [-0.15, -0.1) is 0 Å². The summed E-state index contributed by atoms with van der Waals surface area (Å²) in [6, 6.07) is 4.67. The van der Waals surface area contributed by atoms with Crippen molar-refractivity contribution in [3.63, 3.8) is 0 Å². The molecule has 0 aliphatic carbocycles. The Kier molecular flexibility index (Phi) is 3.12. The number of phenols is 1. The van der Waals surface area contributed by atoms with E-state index in [0.717, 1.165) is 0 Å². The number of hydrogen-bond acceptors (Lipinski definition) is 3. The van der Waals surface area contributed by atoms with Crippen LogP contribution in [-0.4, -0.2) is 18.0 Å². The number of methoxy groups -OCH3 is 1. The second kappa shape index (κ2) is 4.13. The van der Waals surface area contributed by atoms with Gasteiger partial charge in [0.05, 0.1) is 7.11 Å². The standard InChI is InChI=1S/C11H14O3/c1-7(2)11(13)8-4-5-10(14-3)9(12)6-8/h4-7,12H,1-3H3. The second-order valence-electron chi connectivity index (χ2n) is 3.41. The monoisotopic (exact) mass is 194 g/mol. The number of ketones is 1. The summed E-state index contributed by atoms with van der Waals surface area (Å²) >= 11 is 0. The van der Waals surface area contributed by atoms with Crippen molar-refractivity contribution < 1.29 is 14.6 Å². The molecular weight excluding hydrogens is 180 g/mol. The predicted molar refractivity (Wildman–Crippen MR) is 53.8 cm³/mol. The number of hydrogen-bond donors (Lipinski definition) is 1. The number of carbonyl (C=O) groups is 1. The molecule has 0 spiro atoms. The topological polar surface area (TPSA) is 46.5 Å². The van der Waals surface area contributed by atoms with Crippen molar-refractivity contribution in [2.24, 2.45) is 5.92 Å². The molecule has 1 N–H and O–H groups in total. The highest BCUT2D eigenvalue weighted by Crippen LogP contribution is 2.27. The van der Waals surface area contributed by atoms with Gasteiger partial charge in [0.1, 0.15) is 0 Å². The number of Topliss-reactive ketones (excluding diaryl/α,β-unsaturated/α-hetero) is 1. The van der Waals surface area contributed by atoms with E-state index in [1.54, 1.807) is 12.1 Å². The van der Waals surface area contributed by atoms with Crippen LogP contribution in [0.4, 0.5) is 0 Å². The van der Waals surface area contributed by atoms with Crippen molar-refractivity contribution in [1.29, 1.82) is 0 Å². The van der Waals surface area contributed by atoms with Crippen molar-refractivity contribution >= 4 is 5.78 Å². The Hall–Kier alpha value is -1.51. The molecule has 0 amide bonds. The predicted octanol–water partition coefficient (Wildman–Crippen LogP) is 2.24. The van der Waals surface area contributed by atoms with Crippen LogP contribution in [0.15, 0.2) is 18.2 Å². The highest BCUT2D eigenvalue weighted by molar-refractivity contribution is 5.97. The summed E-state index contributed by atoms with van der Waals surface area (Å²) in [4.78, 5) is 11.5. The van der Waals surface area contributed by atoms with Gasteiger partial charge in [-0.05, 0) is 18.2 Å². The summed E-state index contributed by atoms with van der Waals surface area (Å²) in [6.07, 6.45) is 0. The molecule has 0 aliphatic rings. The van der Waals surface area contributed by atoms with Gasteiger partial charge in [-0.1, -0.05) is 13.8 Å². The molecule has 0 atom stereocenters. The third kappa shape index (κ3) is 2.05. The maximum atomic E-state index is 11.5. The fraction of sp³-hybridized carbons (Fsp3) is 0.364. The zero-order valence-electron chi connectivity index (χ0n) is 8.57. The van der Waals surface area contributed by atoms with Crippen LogP contribution in [0, 0.1) is 5.92 Å². The van der Waals surface area contributed by atoms with Crippen LogP contribution in [0.1, 0.15) is 24.2 Å². The molecule has 0 saturated heterocycles. The normalized spacial score (nSPS) is 10.3. The molecule has 3 heteroatoms. The van der Waals surface area contributed by atoms with Gasteiger partial charge in [-0.2, -0.15) is 0 Å². The number of aromatic hydroxyl groups is 1. The SMILES string of the molecule is COc1ccc(C(=O)C(C)C)cc1O. The largest absolute Gasteiger partial charge is 0.504 e. The Balaban J connectivity index is 3.03. The van der Waals surface area contributed by atoms with Crippen molar-refractivity contribution in [2.75, 3.05) is 7.11 Å². The van der Waals surface area contributed by atoms with E-state index in [1.165, 1.54) is 13.2 Å². The maximum absolute atomic E-state index is 11.5. The highest BCUT2D eigenvalue weighted by Gasteiger charge is 2.12. The molecule has 0 unspecified atom stereocenters. The summed E-state index contributed by atoms with van der Waals surface area (Å²) in [5.74, 6) is 0.329. The number of carbonyl (C=O) groups excluding carboxylic acids is 1. The molecule has 3 nitrogen and oxygen atoms in total. The highest BCUT2D eigenvalue weighted by atomic mass is 16.5. The number of benzene rings is 1. The molecule has 1 rings (SSSR count). The zero-order valence-corrected chi connectivity index (χ0v) is 8.57. The summed E-state index contributed by atoms with van der Waals surface area (Å²) in [5, 5.41) is 9.44. The van der Waals surface area contributed by atoms with Crippen LogP contribution in [0.2, 0.25) is 0 Å². The smallest absolute Gasteiger partial charge is 0.165 e. The minimum absolute atomic E-state index is 0.000926. The first-order chi connectivity index (χ1) is 6.56. The fourth-order valence-corrected chi connectivity index (χ4v) is 1.18. The molecule has 0 aromatic heterocycles. The van der Waals surface area contributed by atoms with E-state index in [1.807, 2.05) is 13.8 Å². The Morgan fingerprint density at radius 2 is 2.07 bits per heavy atom. The van der Waals surface area contributed by atoms with Gasteiger partial charge >= 0.3 is 0 Å². The van der Waals surface area contributed by atoms with Gasteiger partial charge in [0.2, 0.25) is 0 Å². The van der Waals surface area contributed by atoms with Gasteiger partial charge in [-0.3, -0.25) is 4.79 Å². The summed E-state index contributed by atoms with van der Waals surface area (Å²) < 4.78 is 4.88. The number of rotatable bonds is 3. The molecule has 0 radical (unpaired) electrons. The van der Waals surface area contributed by atoms with E-state index in [2.05, 4.69) is 0 Å². The van der Waals surface area contributed by atoms with Gasteiger partial charge in [-0.25, -0.2) is 0 Å². The van der Waals surface area contributed by atoms with Crippen LogP contribution >= 0.6 is 0 Å². The van der Waals surface area contributed by atoms with Crippen molar-refractivity contribution in [1.82, 2.24) is 0 Å². The van der Waals surface area contributed by atoms with Crippen molar-refractivity contribution in [3.05, 3.63) is 23.8 Å². The first-order valence-corrected chi connectivity index (χ1v) is 4.47. The van der Waals surface area contributed by atoms with Gasteiger partial charge in [0, 0.05) is 11.5 Å². The average Bonchev–Trinajstić information content (AvgIpc) is 2.16. The van der Waals surface area contributed by atoms with Gasteiger partial charge in [0.25, 0.3) is 0 Å². The van der Waals surface area contributed by atoms with Crippen molar-refractivity contribution in [3.8, 4) is 11.5 Å². The van der Waals surface area contributed by atoms with E-state index in [-0.39, 0.29) is 17.5 Å². The van der Waals surface area contributed by atoms with Crippen LogP contribution in [0.3, 0.4) is 0 Å². The first kappa shape index (κ1) is 10.6. The molecule has 76 valence electrons. The Morgan fingerprint density at radius 3 is 2.50 bits per heavy atom. The van der Waals surface area contributed by atoms with E-state index in [4.69, 9.17) is 4.74 Å². The minimum atomic E-state index is -0.0669. The van der Waals surface area contributed by atoms with Gasteiger partial charge < -0.3 is 9.84 Å². The molecule has 0 heterocycles. The van der Waals surface area contributed by atoms with Crippen LogP contribution in [0.5, 0.6) is 11.5 Å². The Bertz CT molecular complexity index is 342.